The Bertz CT molecular complexity index is 505. The number of benzene rings is 1. The van der Waals surface area contributed by atoms with Gasteiger partial charge in [-0.05, 0) is 59.0 Å². The molecule has 0 radical (unpaired) electrons. The molecule has 1 atom stereocenters. The molecule has 2 N–H and O–H groups in total. The fraction of sp³-hybridized carbons (Fsp3) is 0.286. The highest BCUT2D eigenvalue weighted by atomic mass is 32.1. The van der Waals surface area contributed by atoms with Crippen molar-refractivity contribution in [1.29, 1.82) is 0 Å². The van der Waals surface area contributed by atoms with Gasteiger partial charge in [0.1, 0.15) is 5.75 Å². The van der Waals surface area contributed by atoms with E-state index in [1.54, 1.807) is 18.4 Å². The molecule has 1 aromatic carbocycles. The van der Waals surface area contributed by atoms with Gasteiger partial charge in [-0.3, -0.25) is 0 Å². The average Bonchev–Trinajstić information content (AvgIpc) is 2.84. The lowest BCUT2D eigenvalue weighted by molar-refractivity contribution is 0.411. The molecule has 0 saturated heterocycles. The van der Waals surface area contributed by atoms with Crippen LogP contribution in [0.2, 0.25) is 0 Å². The van der Waals surface area contributed by atoms with Crippen molar-refractivity contribution < 1.29 is 4.74 Å². The van der Waals surface area contributed by atoms with Gasteiger partial charge in [-0.25, -0.2) is 0 Å². The second-order valence-electron chi connectivity index (χ2n) is 4.21. The maximum Gasteiger partial charge on any atom is 0.122 e. The van der Waals surface area contributed by atoms with Gasteiger partial charge in [-0.2, -0.15) is 11.3 Å². The summed E-state index contributed by atoms with van der Waals surface area (Å²) in [6, 6.07) is 6.20. The van der Waals surface area contributed by atoms with E-state index in [2.05, 4.69) is 35.9 Å². The van der Waals surface area contributed by atoms with Crippen molar-refractivity contribution in [2.75, 3.05) is 7.11 Å². The summed E-state index contributed by atoms with van der Waals surface area (Å²) in [5.74, 6) is 0.920. The van der Waals surface area contributed by atoms with Gasteiger partial charge < -0.3 is 10.5 Å². The van der Waals surface area contributed by atoms with Crippen LogP contribution >= 0.6 is 11.3 Å². The minimum atomic E-state index is -0.0501. The van der Waals surface area contributed by atoms with Gasteiger partial charge in [-0.1, -0.05) is 6.07 Å². The molecule has 1 heterocycles. The van der Waals surface area contributed by atoms with Gasteiger partial charge in [0.15, 0.2) is 0 Å². The van der Waals surface area contributed by atoms with Crippen molar-refractivity contribution in [3.63, 3.8) is 0 Å². The minimum Gasteiger partial charge on any atom is -0.496 e. The summed E-state index contributed by atoms with van der Waals surface area (Å²) >= 11 is 1.68. The standard InChI is InChI=1S/C14H17NOS/c1-9-7-13(16-3)10(2)6-12(9)14(15)11-4-5-17-8-11/h4-8,14H,15H2,1-3H3. The zero-order chi connectivity index (χ0) is 12.4. The molecule has 2 rings (SSSR count). The molecule has 0 aliphatic heterocycles. The number of rotatable bonds is 3. The van der Waals surface area contributed by atoms with E-state index in [-0.39, 0.29) is 6.04 Å². The molecule has 2 aromatic rings. The zero-order valence-electron chi connectivity index (χ0n) is 10.4. The lowest BCUT2D eigenvalue weighted by Gasteiger charge is -2.16. The molecule has 90 valence electrons. The molecule has 0 saturated carbocycles. The summed E-state index contributed by atoms with van der Waals surface area (Å²) < 4.78 is 5.31. The van der Waals surface area contributed by atoms with E-state index in [9.17, 15) is 0 Å². The monoisotopic (exact) mass is 247 g/mol. The van der Waals surface area contributed by atoms with E-state index in [1.807, 2.05) is 6.92 Å². The Morgan fingerprint density at radius 3 is 2.59 bits per heavy atom. The fourth-order valence-electron chi connectivity index (χ4n) is 2.00. The summed E-state index contributed by atoms with van der Waals surface area (Å²) in [7, 11) is 1.69. The third kappa shape index (κ3) is 2.35. The Kier molecular flexibility index (Phi) is 3.50. The molecule has 1 unspecified atom stereocenters. The van der Waals surface area contributed by atoms with Crippen LogP contribution < -0.4 is 10.5 Å². The average molecular weight is 247 g/mol. The Labute approximate surface area is 106 Å². The lowest BCUT2D eigenvalue weighted by atomic mass is 9.95. The van der Waals surface area contributed by atoms with E-state index in [1.165, 1.54) is 16.7 Å². The first-order valence-electron chi connectivity index (χ1n) is 5.56. The van der Waals surface area contributed by atoms with E-state index in [4.69, 9.17) is 10.5 Å². The maximum atomic E-state index is 6.29. The van der Waals surface area contributed by atoms with E-state index in [0.717, 1.165) is 11.3 Å². The number of nitrogens with two attached hydrogens (primary N) is 1. The first kappa shape index (κ1) is 12.1. The highest BCUT2D eigenvalue weighted by Gasteiger charge is 2.13. The number of hydrogen-bond donors (Lipinski definition) is 1. The van der Waals surface area contributed by atoms with Crippen LogP contribution in [-0.2, 0) is 0 Å². The minimum absolute atomic E-state index is 0.0501. The van der Waals surface area contributed by atoms with Crippen LogP contribution in [-0.4, -0.2) is 7.11 Å². The van der Waals surface area contributed by atoms with Gasteiger partial charge in [0.05, 0.1) is 13.2 Å². The Hall–Kier alpha value is -1.32. The summed E-state index contributed by atoms with van der Waals surface area (Å²) in [6.07, 6.45) is 0. The van der Waals surface area contributed by atoms with Crippen molar-refractivity contribution in [3.8, 4) is 5.75 Å². The summed E-state index contributed by atoms with van der Waals surface area (Å²) in [6.45, 7) is 4.12. The smallest absolute Gasteiger partial charge is 0.122 e. The van der Waals surface area contributed by atoms with Gasteiger partial charge in [0.2, 0.25) is 0 Å². The lowest BCUT2D eigenvalue weighted by Crippen LogP contribution is -2.12. The quantitative estimate of drug-likeness (QED) is 0.902. The first-order chi connectivity index (χ1) is 8.13. The number of methoxy groups -OCH3 is 1. The van der Waals surface area contributed by atoms with Gasteiger partial charge in [0, 0.05) is 0 Å². The molecular weight excluding hydrogens is 230 g/mol. The molecule has 0 bridgehead atoms. The normalized spacial score (nSPS) is 12.5. The number of ether oxygens (including phenoxy) is 1. The van der Waals surface area contributed by atoms with E-state index < -0.39 is 0 Å². The summed E-state index contributed by atoms with van der Waals surface area (Å²) in [5, 5.41) is 4.16. The van der Waals surface area contributed by atoms with Gasteiger partial charge in [-0.15, -0.1) is 0 Å². The third-order valence-electron chi connectivity index (χ3n) is 3.02. The molecular formula is C14H17NOS. The van der Waals surface area contributed by atoms with Crippen LogP contribution in [0.15, 0.2) is 29.0 Å². The highest BCUT2D eigenvalue weighted by molar-refractivity contribution is 7.08. The maximum absolute atomic E-state index is 6.29. The van der Waals surface area contributed by atoms with Crippen LogP contribution in [0.5, 0.6) is 5.75 Å². The highest BCUT2D eigenvalue weighted by Crippen LogP contribution is 2.29. The molecule has 0 fully saturated rings. The number of aryl methyl sites for hydroxylation is 2. The predicted molar refractivity (Wildman–Crippen MR) is 72.8 cm³/mol. The van der Waals surface area contributed by atoms with E-state index >= 15 is 0 Å². The van der Waals surface area contributed by atoms with Crippen molar-refractivity contribution >= 4 is 11.3 Å². The second kappa shape index (κ2) is 4.90. The molecule has 17 heavy (non-hydrogen) atoms. The Morgan fingerprint density at radius 2 is 2.00 bits per heavy atom. The molecule has 0 aliphatic carbocycles. The molecule has 0 spiro atoms. The van der Waals surface area contributed by atoms with Crippen LogP contribution in [0, 0.1) is 13.8 Å². The first-order valence-corrected chi connectivity index (χ1v) is 6.50. The number of hydrogen-bond acceptors (Lipinski definition) is 3. The van der Waals surface area contributed by atoms with Gasteiger partial charge in [0.25, 0.3) is 0 Å². The Morgan fingerprint density at radius 1 is 1.24 bits per heavy atom. The number of thiophene rings is 1. The largest absolute Gasteiger partial charge is 0.496 e. The molecule has 2 nitrogen and oxygen atoms in total. The summed E-state index contributed by atoms with van der Waals surface area (Å²) in [5.41, 5.74) is 10.9. The zero-order valence-corrected chi connectivity index (χ0v) is 11.2. The summed E-state index contributed by atoms with van der Waals surface area (Å²) in [4.78, 5) is 0. The predicted octanol–water partition coefficient (Wildman–Crippen LogP) is 3.42. The van der Waals surface area contributed by atoms with E-state index in [0.29, 0.717) is 0 Å². The molecule has 3 heteroatoms. The Balaban J connectivity index is 2.42. The van der Waals surface area contributed by atoms with Crippen molar-refractivity contribution in [2.45, 2.75) is 19.9 Å². The molecule has 0 aliphatic rings. The van der Waals surface area contributed by atoms with Crippen LogP contribution in [0.4, 0.5) is 0 Å². The SMILES string of the molecule is COc1cc(C)c(C(N)c2ccsc2)cc1C. The molecule has 1 aromatic heterocycles. The van der Waals surface area contributed by atoms with Gasteiger partial charge >= 0.3 is 0 Å². The van der Waals surface area contributed by atoms with Crippen LogP contribution in [0.25, 0.3) is 0 Å². The second-order valence-corrected chi connectivity index (χ2v) is 4.99. The third-order valence-corrected chi connectivity index (χ3v) is 3.72. The van der Waals surface area contributed by atoms with Crippen LogP contribution in [0.1, 0.15) is 28.3 Å². The fourth-order valence-corrected chi connectivity index (χ4v) is 2.70. The van der Waals surface area contributed by atoms with Crippen molar-refractivity contribution in [2.24, 2.45) is 5.73 Å². The van der Waals surface area contributed by atoms with Crippen molar-refractivity contribution in [3.05, 3.63) is 51.2 Å². The van der Waals surface area contributed by atoms with Crippen LogP contribution in [0.3, 0.4) is 0 Å². The molecule has 0 amide bonds. The van der Waals surface area contributed by atoms with Crippen molar-refractivity contribution in [1.82, 2.24) is 0 Å². The topological polar surface area (TPSA) is 35.2 Å².